The third-order valence-electron chi connectivity index (χ3n) is 5.56. The van der Waals surface area contributed by atoms with Crippen LogP contribution in [-0.2, 0) is 16.1 Å². The number of para-hydroxylation sites is 1. The number of benzene rings is 2. The average molecular weight is 407 g/mol. The third-order valence-corrected chi connectivity index (χ3v) is 6.58. The quantitative estimate of drug-likeness (QED) is 0.622. The zero-order valence-corrected chi connectivity index (χ0v) is 16.7. The molecule has 29 heavy (non-hydrogen) atoms. The van der Waals surface area contributed by atoms with Crippen molar-refractivity contribution in [2.75, 3.05) is 26.2 Å². The van der Waals surface area contributed by atoms with Crippen LogP contribution in [0.4, 0.5) is 0 Å². The molecule has 2 aromatic carbocycles. The van der Waals surface area contributed by atoms with Gasteiger partial charge in [0.1, 0.15) is 11.1 Å². The number of rotatable bonds is 4. The van der Waals surface area contributed by atoms with E-state index in [9.17, 15) is 9.59 Å². The minimum Gasteiger partial charge on any atom is -0.453 e. The highest BCUT2D eigenvalue weighted by molar-refractivity contribution is 7.18. The Morgan fingerprint density at radius 3 is 2.66 bits per heavy atom. The Morgan fingerprint density at radius 2 is 1.83 bits per heavy atom. The van der Waals surface area contributed by atoms with E-state index in [0.717, 1.165) is 35.7 Å². The molecular formula is C22H21N3O3S. The lowest BCUT2D eigenvalue weighted by atomic mass is 10.0. The summed E-state index contributed by atoms with van der Waals surface area (Å²) in [6.45, 7) is 3.83. The van der Waals surface area contributed by atoms with Gasteiger partial charge in [0.25, 0.3) is 0 Å². The number of hydrogen-bond acceptors (Lipinski definition) is 6. The van der Waals surface area contributed by atoms with Gasteiger partial charge in [0.05, 0.1) is 28.7 Å². The molecule has 5 rings (SSSR count). The molecular weight excluding hydrogens is 386 g/mol. The molecule has 1 fully saturated rings. The maximum absolute atomic E-state index is 12.8. The second kappa shape index (κ2) is 7.57. The standard InChI is InChI=1S/C22H21N3O3S/c26-21(13-18-15-5-1-2-6-16(15)22(27)28-18)25-11-9-24(10-12-25)14-20-23-17-7-3-4-8-19(17)29-20/h1-8,18H,9-14H2. The fourth-order valence-electron chi connectivity index (χ4n) is 3.99. The summed E-state index contributed by atoms with van der Waals surface area (Å²) in [5.74, 6) is -0.293. The summed E-state index contributed by atoms with van der Waals surface area (Å²) in [5, 5.41) is 1.11. The van der Waals surface area contributed by atoms with Crippen molar-refractivity contribution in [2.45, 2.75) is 19.1 Å². The van der Waals surface area contributed by atoms with Crippen LogP contribution >= 0.6 is 11.3 Å². The van der Waals surface area contributed by atoms with Gasteiger partial charge in [-0.2, -0.15) is 0 Å². The zero-order chi connectivity index (χ0) is 19.8. The van der Waals surface area contributed by atoms with Gasteiger partial charge in [0.2, 0.25) is 5.91 Å². The number of thiazole rings is 1. The van der Waals surface area contributed by atoms with Crippen molar-refractivity contribution in [3.63, 3.8) is 0 Å². The van der Waals surface area contributed by atoms with Crippen molar-refractivity contribution in [1.29, 1.82) is 0 Å². The summed E-state index contributed by atoms with van der Waals surface area (Å²) in [6, 6.07) is 15.5. The first-order valence-corrected chi connectivity index (χ1v) is 10.6. The van der Waals surface area contributed by atoms with E-state index >= 15 is 0 Å². The van der Waals surface area contributed by atoms with Crippen LogP contribution in [0.15, 0.2) is 48.5 Å². The summed E-state index contributed by atoms with van der Waals surface area (Å²) >= 11 is 1.73. The average Bonchev–Trinajstić information content (AvgIpc) is 3.29. The zero-order valence-electron chi connectivity index (χ0n) is 15.9. The van der Waals surface area contributed by atoms with Crippen LogP contribution in [-0.4, -0.2) is 52.8 Å². The van der Waals surface area contributed by atoms with Gasteiger partial charge in [-0.3, -0.25) is 9.69 Å². The number of hydrogen-bond donors (Lipinski definition) is 0. The molecule has 1 atom stereocenters. The van der Waals surface area contributed by atoms with Gasteiger partial charge in [-0.1, -0.05) is 30.3 Å². The van der Waals surface area contributed by atoms with Crippen molar-refractivity contribution in [1.82, 2.24) is 14.8 Å². The van der Waals surface area contributed by atoms with E-state index in [2.05, 4.69) is 11.0 Å². The molecule has 1 amide bonds. The molecule has 1 aromatic heterocycles. The van der Waals surface area contributed by atoms with Gasteiger partial charge >= 0.3 is 5.97 Å². The van der Waals surface area contributed by atoms with Crippen LogP contribution in [0.2, 0.25) is 0 Å². The van der Waals surface area contributed by atoms with Crippen LogP contribution < -0.4 is 0 Å². The molecule has 2 aliphatic heterocycles. The smallest absolute Gasteiger partial charge is 0.339 e. The Hall–Kier alpha value is -2.77. The number of fused-ring (bicyclic) bond motifs is 2. The summed E-state index contributed by atoms with van der Waals surface area (Å²) in [4.78, 5) is 33.6. The molecule has 6 nitrogen and oxygen atoms in total. The first kappa shape index (κ1) is 18.3. The van der Waals surface area contributed by atoms with Crippen molar-refractivity contribution in [3.05, 3.63) is 64.7 Å². The number of aromatic nitrogens is 1. The predicted molar refractivity (Wildman–Crippen MR) is 111 cm³/mol. The van der Waals surface area contributed by atoms with Crippen molar-refractivity contribution in [3.8, 4) is 0 Å². The molecule has 0 spiro atoms. The number of carbonyl (C=O) groups excluding carboxylic acids is 2. The second-order valence-corrected chi connectivity index (χ2v) is 8.53. The Labute approximate surface area is 172 Å². The minimum atomic E-state index is -0.466. The Bertz CT molecular complexity index is 1040. The normalized spacial score (nSPS) is 19.4. The molecule has 148 valence electrons. The lowest BCUT2D eigenvalue weighted by molar-refractivity contribution is -0.135. The molecule has 2 aliphatic rings. The highest BCUT2D eigenvalue weighted by Crippen LogP contribution is 2.33. The van der Waals surface area contributed by atoms with Crippen LogP contribution in [0.25, 0.3) is 10.2 Å². The summed E-state index contributed by atoms with van der Waals surface area (Å²) in [7, 11) is 0. The fourth-order valence-corrected chi connectivity index (χ4v) is 5.00. The Balaban J connectivity index is 1.17. The number of cyclic esters (lactones) is 1. The first-order chi connectivity index (χ1) is 14.2. The van der Waals surface area contributed by atoms with E-state index in [1.165, 1.54) is 4.70 Å². The SMILES string of the molecule is O=C1OC(CC(=O)N2CCN(Cc3nc4ccccc4s3)CC2)c2ccccc21. The lowest BCUT2D eigenvalue weighted by Crippen LogP contribution is -2.48. The van der Waals surface area contributed by atoms with E-state index in [1.54, 1.807) is 17.4 Å². The number of esters is 1. The molecule has 1 saturated heterocycles. The number of ether oxygens (including phenoxy) is 1. The highest BCUT2D eigenvalue weighted by Gasteiger charge is 2.33. The molecule has 1 unspecified atom stereocenters. The van der Waals surface area contributed by atoms with Crippen LogP contribution in [0, 0.1) is 0 Å². The summed E-state index contributed by atoms with van der Waals surface area (Å²) in [5.41, 5.74) is 2.44. The van der Waals surface area contributed by atoms with Gasteiger partial charge in [-0.05, 0) is 18.2 Å². The minimum absolute atomic E-state index is 0.0409. The largest absolute Gasteiger partial charge is 0.453 e. The highest BCUT2D eigenvalue weighted by atomic mass is 32.1. The second-order valence-electron chi connectivity index (χ2n) is 7.42. The summed E-state index contributed by atoms with van der Waals surface area (Å²) in [6.07, 6.45) is -0.257. The van der Waals surface area contributed by atoms with Crippen LogP contribution in [0.3, 0.4) is 0 Å². The summed E-state index contributed by atoms with van der Waals surface area (Å²) < 4.78 is 6.63. The van der Waals surface area contributed by atoms with Gasteiger partial charge in [0, 0.05) is 31.7 Å². The van der Waals surface area contributed by atoms with Gasteiger partial charge in [-0.15, -0.1) is 11.3 Å². The maximum atomic E-state index is 12.8. The molecule has 0 radical (unpaired) electrons. The predicted octanol–water partition coefficient (Wildman–Crippen LogP) is 3.24. The Morgan fingerprint density at radius 1 is 1.07 bits per heavy atom. The number of carbonyl (C=O) groups is 2. The van der Waals surface area contributed by atoms with E-state index < -0.39 is 6.10 Å². The van der Waals surface area contributed by atoms with Crippen LogP contribution in [0.5, 0.6) is 0 Å². The topological polar surface area (TPSA) is 62.7 Å². The fraction of sp³-hybridized carbons (Fsp3) is 0.318. The molecule has 0 aliphatic carbocycles. The monoisotopic (exact) mass is 407 g/mol. The third kappa shape index (κ3) is 3.63. The van der Waals surface area contributed by atoms with Crippen LogP contribution in [0.1, 0.15) is 33.5 Å². The maximum Gasteiger partial charge on any atom is 0.339 e. The van der Waals surface area contributed by atoms with Crippen molar-refractivity contribution in [2.24, 2.45) is 0 Å². The van der Waals surface area contributed by atoms with Gasteiger partial charge in [0.15, 0.2) is 0 Å². The lowest BCUT2D eigenvalue weighted by Gasteiger charge is -2.34. The molecule has 0 bridgehead atoms. The number of nitrogens with zero attached hydrogens (tertiary/aromatic N) is 3. The van der Waals surface area contributed by atoms with Gasteiger partial charge in [-0.25, -0.2) is 9.78 Å². The molecule has 3 heterocycles. The molecule has 7 heteroatoms. The molecule has 0 N–H and O–H groups in total. The van der Waals surface area contributed by atoms with E-state index in [-0.39, 0.29) is 18.3 Å². The van der Waals surface area contributed by atoms with Gasteiger partial charge < -0.3 is 9.64 Å². The number of amides is 1. The van der Waals surface area contributed by atoms with E-state index in [1.807, 2.05) is 41.3 Å². The Kier molecular flexibility index (Phi) is 4.77. The van der Waals surface area contributed by atoms with E-state index in [0.29, 0.717) is 18.7 Å². The van der Waals surface area contributed by atoms with Crippen molar-refractivity contribution >= 4 is 33.4 Å². The first-order valence-electron chi connectivity index (χ1n) is 9.82. The molecule has 3 aromatic rings. The van der Waals surface area contributed by atoms with Crippen molar-refractivity contribution < 1.29 is 14.3 Å². The van der Waals surface area contributed by atoms with E-state index in [4.69, 9.17) is 9.72 Å². The number of piperazine rings is 1. The molecule has 0 saturated carbocycles.